The average Bonchev–Trinajstić information content (AvgIpc) is 2.31. The molecule has 0 spiro atoms. The topological polar surface area (TPSA) is 0 Å². The van der Waals surface area contributed by atoms with E-state index in [2.05, 4.69) is 20.3 Å². The van der Waals surface area contributed by atoms with Crippen LogP contribution in [0.4, 0.5) is 0 Å². The summed E-state index contributed by atoms with van der Waals surface area (Å²) in [7, 11) is 0. The number of hydrogen-bond donors (Lipinski definition) is 0. The monoisotopic (exact) mass is 404 g/mol. The summed E-state index contributed by atoms with van der Waals surface area (Å²) in [6.07, 6.45) is 8.72. The van der Waals surface area contributed by atoms with Crippen molar-refractivity contribution < 1.29 is 98.1 Å². The molecule has 2 unspecified atom stereocenters. The van der Waals surface area contributed by atoms with Crippen molar-refractivity contribution in [3.8, 4) is 0 Å². The third kappa shape index (κ3) is 9.05. The summed E-state index contributed by atoms with van der Waals surface area (Å²) in [5, 5.41) is 0. The second kappa shape index (κ2) is 13.4. The van der Waals surface area contributed by atoms with Crippen LogP contribution in [-0.2, 0) is 98.1 Å². The summed E-state index contributed by atoms with van der Waals surface area (Å²) in [5.74, 6) is 1.51. The van der Waals surface area contributed by atoms with E-state index in [0.717, 1.165) is 12.3 Å². The molecular formula is C10H17Y3. The molecule has 1 fully saturated rings. The van der Waals surface area contributed by atoms with Crippen molar-refractivity contribution in [2.24, 2.45) is 11.8 Å². The summed E-state index contributed by atoms with van der Waals surface area (Å²) < 4.78 is 0. The van der Waals surface area contributed by atoms with Gasteiger partial charge in [0, 0.05) is 65.4 Å². The molecule has 0 aromatic heterocycles. The second-order valence-corrected chi connectivity index (χ2v) is 3.23. The predicted octanol–water partition coefficient (Wildman–Crippen LogP) is 3.05. The van der Waals surface area contributed by atoms with Gasteiger partial charge in [0.1, 0.15) is 0 Å². The number of rotatable bonds is 3. The molecule has 0 heterocycles. The molecular weight excluding hydrogens is 387 g/mol. The van der Waals surface area contributed by atoms with E-state index in [1.54, 1.807) is 0 Å². The zero-order chi connectivity index (χ0) is 7.40. The van der Waals surface area contributed by atoms with Crippen LogP contribution < -0.4 is 0 Å². The van der Waals surface area contributed by atoms with Crippen LogP contribution >= 0.6 is 0 Å². The molecule has 0 amide bonds. The van der Waals surface area contributed by atoms with Gasteiger partial charge >= 0.3 is 32.7 Å². The van der Waals surface area contributed by atoms with Crippen LogP contribution in [0, 0.1) is 32.1 Å². The van der Waals surface area contributed by atoms with Crippen LogP contribution in [0.25, 0.3) is 0 Å². The zero-order valence-corrected chi connectivity index (χ0v) is 16.9. The number of hydrogen-bond acceptors (Lipinski definition) is 0. The number of unbranched alkanes of at least 4 members (excludes halogenated alkanes) is 1. The van der Waals surface area contributed by atoms with Gasteiger partial charge in [-0.1, -0.05) is 19.3 Å². The second-order valence-electron chi connectivity index (χ2n) is 3.23. The molecule has 1 aliphatic rings. The van der Waals surface area contributed by atoms with Gasteiger partial charge in [-0.2, -0.15) is 11.8 Å². The summed E-state index contributed by atoms with van der Waals surface area (Å²) >= 11 is 0. The molecule has 0 aromatic carbocycles. The molecule has 1 rings (SSSR count). The Hall–Kier alpha value is 3.31. The maximum Gasteiger partial charge on any atom is 3.00 e. The van der Waals surface area contributed by atoms with Crippen LogP contribution in [0.3, 0.4) is 0 Å². The SMILES string of the molecule is [CH2-]CC[CH-]C1CCCC1[CH2-].[Y+3].[Y].[Y]. The summed E-state index contributed by atoms with van der Waals surface area (Å²) in [6.45, 7) is 7.94. The molecule has 3 heteroatoms. The van der Waals surface area contributed by atoms with Crippen molar-refractivity contribution in [2.75, 3.05) is 0 Å². The molecule has 0 saturated heterocycles. The first-order valence-corrected chi connectivity index (χ1v) is 4.30. The van der Waals surface area contributed by atoms with E-state index in [1.807, 2.05) is 0 Å². The molecule has 0 bridgehead atoms. The van der Waals surface area contributed by atoms with E-state index in [4.69, 9.17) is 0 Å². The standard InChI is InChI=1S/C10H17.3Y/c1-3-4-7-10-8-5-6-9(10)2;;;/h7,9-10H,1-6,8H2;;;/q-3;;;+3. The van der Waals surface area contributed by atoms with Crippen LogP contribution in [0.1, 0.15) is 32.1 Å². The van der Waals surface area contributed by atoms with Gasteiger partial charge in [0.2, 0.25) is 0 Å². The largest absolute Gasteiger partial charge is 3.00 e. The summed E-state index contributed by atoms with van der Waals surface area (Å²) in [6, 6.07) is 0. The Bertz CT molecular complexity index is 96.2. The summed E-state index contributed by atoms with van der Waals surface area (Å²) in [5.41, 5.74) is 0. The van der Waals surface area contributed by atoms with Gasteiger partial charge in [-0.05, 0) is 0 Å². The van der Waals surface area contributed by atoms with E-state index in [0.29, 0.717) is 5.92 Å². The predicted molar refractivity (Wildman–Crippen MR) is 45.1 cm³/mol. The third-order valence-electron chi connectivity index (χ3n) is 2.39. The van der Waals surface area contributed by atoms with Gasteiger partial charge in [-0.15, -0.1) is 0 Å². The van der Waals surface area contributed by atoms with Gasteiger partial charge < -0.3 is 20.3 Å². The molecule has 1 aliphatic carbocycles. The Morgan fingerprint density at radius 3 is 2.23 bits per heavy atom. The van der Waals surface area contributed by atoms with E-state index in [-0.39, 0.29) is 98.1 Å². The first-order chi connectivity index (χ1) is 4.84. The van der Waals surface area contributed by atoms with Gasteiger partial charge in [-0.3, -0.25) is 0 Å². The molecule has 13 heavy (non-hydrogen) atoms. The first-order valence-electron chi connectivity index (χ1n) is 4.30. The smallest absolute Gasteiger partial charge is 0.346 e. The van der Waals surface area contributed by atoms with Crippen LogP contribution in [0.15, 0.2) is 0 Å². The average molecular weight is 404 g/mol. The van der Waals surface area contributed by atoms with Gasteiger partial charge in [-0.25, -0.2) is 12.8 Å². The van der Waals surface area contributed by atoms with Gasteiger partial charge in [0.15, 0.2) is 0 Å². The Kier molecular flexibility index (Phi) is 22.2. The van der Waals surface area contributed by atoms with E-state index < -0.39 is 0 Å². The maximum absolute atomic E-state index is 4.12. The molecule has 2 radical (unpaired) electrons. The zero-order valence-electron chi connectivity index (χ0n) is 8.41. The Balaban J connectivity index is -0.000000333. The van der Waals surface area contributed by atoms with E-state index >= 15 is 0 Å². The Labute approximate surface area is 159 Å². The fraction of sp³-hybridized carbons (Fsp3) is 0.700. The molecule has 2 atom stereocenters. The van der Waals surface area contributed by atoms with Gasteiger partial charge in [0.05, 0.1) is 0 Å². The van der Waals surface area contributed by atoms with Crippen molar-refractivity contribution >= 4 is 0 Å². The van der Waals surface area contributed by atoms with Crippen LogP contribution in [0.2, 0.25) is 0 Å². The Morgan fingerprint density at radius 1 is 1.23 bits per heavy atom. The molecule has 0 aliphatic heterocycles. The molecule has 0 aromatic rings. The normalized spacial score (nSPS) is 25.4. The minimum Gasteiger partial charge on any atom is -0.346 e. The van der Waals surface area contributed by atoms with Crippen molar-refractivity contribution in [3.05, 3.63) is 20.3 Å². The maximum atomic E-state index is 4.12. The quantitative estimate of drug-likeness (QED) is 0.635. The van der Waals surface area contributed by atoms with Crippen molar-refractivity contribution in [1.29, 1.82) is 0 Å². The van der Waals surface area contributed by atoms with Crippen LogP contribution in [-0.4, -0.2) is 0 Å². The van der Waals surface area contributed by atoms with Crippen molar-refractivity contribution in [3.63, 3.8) is 0 Å². The van der Waals surface area contributed by atoms with Crippen molar-refractivity contribution in [2.45, 2.75) is 32.1 Å². The minimum atomic E-state index is 0. The van der Waals surface area contributed by atoms with E-state index in [1.165, 1.54) is 25.7 Å². The molecule has 1 saturated carbocycles. The van der Waals surface area contributed by atoms with E-state index in [9.17, 15) is 0 Å². The molecule has 66 valence electrons. The Morgan fingerprint density at radius 2 is 1.85 bits per heavy atom. The molecule has 0 nitrogen and oxygen atoms in total. The fourth-order valence-corrected chi connectivity index (χ4v) is 1.71. The van der Waals surface area contributed by atoms with Gasteiger partial charge in [0.25, 0.3) is 0 Å². The van der Waals surface area contributed by atoms with Crippen molar-refractivity contribution in [1.82, 2.24) is 0 Å². The fourth-order valence-electron chi connectivity index (χ4n) is 1.71. The minimum absolute atomic E-state index is 0. The third-order valence-corrected chi connectivity index (χ3v) is 2.39. The first kappa shape index (κ1) is 21.6. The summed E-state index contributed by atoms with van der Waals surface area (Å²) in [4.78, 5) is 0. The molecule has 0 N–H and O–H groups in total. The van der Waals surface area contributed by atoms with Crippen LogP contribution in [0.5, 0.6) is 0 Å².